The molecule has 22 heavy (non-hydrogen) atoms. The molecule has 0 spiro atoms. The smallest absolute Gasteiger partial charge is 0.224 e. The summed E-state index contributed by atoms with van der Waals surface area (Å²) in [4.78, 5) is 8.83. The van der Waals surface area contributed by atoms with Crippen LogP contribution in [0.2, 0.25) is 0 Å². The average Bonchev–Trinajstić information content (AvgIpc) is 2.52. The molecule has 3 rings (SSSR count). The summed E-state index contributed by atoms with van der Waals surface area (Å²) in [6, 6.07) is 2.63. The maximum absolute atomic E-state index is 9.56. The third kappa shape index (κ3) is 4.30. The van der Waals surface area contributed by atoms with Gasteiger partial charge < -0.3 is 20.8 Å². The van der Waals surface area contributed by atoms with Gasteiger partial charge in [-0.15, -0.1) is 0 Å². The Hall–Kier alpha value is -1.40. The molecule has 0 atom stereocenters. The molecule has 1 aromatic heterocycles. The monoisotopic (exact) mass is 306 g/mol. The summed E-state index contributed by atoms with van der Waals surface area (Å²) in [5, 5.41) is 25.9. The van der Waals surface area contributed by atoms with Crippen molar-refractivity contribution in [1.29, 1.82) is 0 Å². The summed E-state index contributed by atoms with van der Waals surface area (Å²) in [5.74, 6) is 1.50. The van der Waals surface area contributed by atoms with Crippen LogP contribution in [-0.2, 0) is 0 Å². The van der Waals surface area contributed by atoms with Gasteiger partial charge in [0.2, 0.25) is 5.95 Å². The molecule has 2 fully saturated rings. The van der Waals surface area contributed by atoms with Gasteiger partial charge in [0.1, 0.15) is 5.82 Å². The number of nitrogens with one attached hydrogen (secondary N) is 2. The minimum absolute atomic E-state index is 0.137. The zero-order valence-electron chi connectivity index (χ0n) is 12.9. The number of hydrogen-bond acceptors (Lipinski definition) is 6. The molecule has 0 radical (unpaired) electrons. The van der Waals surface area contributed by atoms with E-state index in [0.717, 1.165) is 57.2 Å². The molecule has 6 nitrogen and oxygen atoms in total. The first kappa shape index (κ1) is 15.5. The molecule has 1 heterocycles. The van der Waals surface area contributed by atoms with Crippen molar-refractivity contribution in [2.75, 3.05) is 10.6 Å². The van der Waals surface area contributed by atoms with Crippen LogP contribution in [0, 0.1) is 0 Å². The van der Waals surface area contributed by atoms with Crippen LogP contribution in [-0.4, -0.2) is 44.5 Å². The predicted octanol–water partition coefficient (Wildman–Crippen LogP) is 1.91. The molecule has 0 amide bonds. The first-order valence-electron chi connectivity index (χ1n) is 8.41. The fourth-order valence-corrected chi connectivity index (χ4v) is 3.34. The third-order valence-electron chi connectivity index (χ3n) is 4.73. The summed E-state index contributed by atoms with van der Waals surface area (Å²) in [7, 11) is 0. The fourth-order valence-electron chi connectivity index (χ4n) is 3.34. The minimum atomic E-state index is -0.145. The lowest BCUT2D eigenvalue weighted by Gasteiger charge is -2.27. The second kappa shape index (κ2) is 7.24. The van der Waals surface area contributed by atoms with Gasteiger partial charge in [-0.2, -0.15) is 4.98 Å². The van der Waals surface area contributed by atoms with E-state index < -0.39 is 0 Å². The van der Waals surface area contributed by atoms with Gasteiger partial charge in [-0.25, -0.2) is 4.98 Å². The minimum Gasteiger partial charge on any atom is -0.393 e. The van der Waals surface area contributed by atoms with E-state index in [4.69, 9.17) is 0 Å². The average molecular weight is 306 g/mol. The van der Waals surface area contributed by atoms with Crippen LogP contribution < -0.4 is 10.6 Å². The van der Waals surface area contributed by atoms with Crippen molar-refractivity contribution in [1.82, 2.24) is 9.97 Å². The Labute approximate surface area is 131 Å². The highest BCUT2D eigenvalue weighted by atomic mass is 16.3. The number of rotatable bonds is 4. The van der Waals surface area contributed by atoms with E-state index in [1.165, 1.54) is 0 Å². The first-order valence-corrected chi connectivity index (χ1v) is 8.41. The molecule has 0 saturated heterocycles. The molecule has 2 aliphatic carbocycles. The maximum Gasteiger partial charge on any atom is 0.224 e. The van der Waals surface area contributed by atoms with Crippen molar-refractivity contribution in [3.8, 4) is 0 Å². The van der Waals surface area contributed by atoms with E-state index in [-0.39, 0.29) is 12.2 Å². The quantitative estimate of drug-likeness (QED) is 0.679. The zero-order chi connectivity index (χ0) is 15.4. The van der Waals surface area contributed by atoms with Crippen molar-refractivity contribution in [3.05, 3.63) is 12.3 Å². The summed E-state index contributed by atoms with van der Waals surface area (Å²) in [6.07, 6.45) is 8.79. The van der Waals surface area contributed by atoms with E-state index >= 15 is 0 Å². The second-order valence-electron chi connectivity index (χ2n) is 6.57. The zero-order valence-corrected chi connectivity index (χ0v) is 12.9. The highest BCUT2D eigenvalue weighted by Crippen LogP contribution is 2.23. The van der Waals surface area contributed by atoms with Crippen LogP contribution in [0.25, 0.3) is 0 Å². The Morgan fingerprint density at radius 3 is 1.95 bits per heavy atom. The number of aromatic nitrogens is 2. The van der Waals surface area contributed by atoms with Crippen LogP contribution in [0.15, 0.2) is 12.3 Å². The number of aliphatic hydroxyl groups is 2. The van der Waals surface area contributed by atoms with Crippen molar-refractivity contribution in [2.45, 2.75) is 75.7 Å². The van der Waals surface area contributed by atoms with E-state index in [1.807, 2.05) is 6.07 Å². The van der Waals surface area contributed by atoms with Gasteiger partial charge in [0, 0.05) is 18.3 Å². The molecule has 0 aromatic carbocycles. The largest absolute Gasteiger partial charge is 0.393 e. The Morgan fingerprint density at radius 1 is 0.818 bits per heavy atom. The molecule has 2 aliphatic rings. The molecule has 2 saturated carbocycles. The summed E-state index contributed by atoms with van der Waals surface area (Å²) < 4.78 is 0. The summed E-state index contributed by atoms with van der Waals surface area (Å²) in [6.45, 7) is 0. The number of anilines is 2. The molecule has 0 bridgehead atoms. The van der Waals surface area contributed by atoms with E-state index in [1.54, 1.807) is 6.20 Å². The number of hydrogen-bond donors (Lipinski definition) is 4. The Kier molecular flexibility index (Phi) is 5.10. The highest BCUT2D eigenvalue weighted by molar-refractivity contribution is 5.40. The van der Waals surface area contributed by atoms with Crippen molar-refractivity contribution in [2.24, 2.45) is 0 Å². The lowest BCUT2D eigenvalue weighted by Crippen LogP contribution is -2.30. The van der Waals surface area contributed by atoms with Crippen molar-refractivity contribution >= 4 is 11.8 Å². The van der Waals surface area contributed by atoms with Crippen molar-refractivity contribution < 1.29 is 10.2 Å². The SMILES string of the molecule is OC1CCC(Nc2ccnc(NC3CCC(O)CC3)n2)CC1. The molecule has 1 aromatic rings. The molecule has 122 valence electrons. The van der Waals surface area contributed by atoms with Crippen LogP contribution in [0.1, 0.15) is 51.4 Å². The molecule has 0 unspecified atom stereocenters. The molecule has 6 heteroatoms. The van der Waals surface area contributed by atoms with Crippen LogP contribution >= 0.6 is 0 Å². The molecular weight excluding hydrogens is 280 g/mol. The van der Waals surface area contributed by atoms with Crippen LogP contribution in [0.4, 0.5) is 11.8 Å². The standard InChI is InChI=1S/C16H26N4O2/c21-13-5-1-11(2-6-13)18-15-9-10-17-16(20-15)19-12-3-7-14(22)8-4-12/h9-14,21-22H,1-8H2,(H2,17,18,19,20). The van der Waals surface area contributed by atoms with Gasteiger partial charge in [-0.1, -0.05) is 0 Å². The number of nitrogens with zero attached hydrogens (tertiary/aromatic N) is 2. The van der Waals surface area contributed by atoms with Crippen molar-refractivity contribution in [3.63, 3.8) is 0 Å². The van der Waals surface area contributed by atoms with Gasteiger partial charge >= 0.3 is 0 Å². The second-order valence-corrected chi connectivity index (χ2v) is 6.57. The maximum atomic E-state index is 9.56. The Morgan fingerprint density at radius 2 is 1.36 bits per heavy atom. The van der Waals surface area contributed by atoms with Gasteiger partial charge in [0.05, 0.1) is 12.2 Å². The topological polar surface area (TPSA) is 90.3 Å². The predicted molar refractivity (Wildman–Crippen MR) is 85.8 cm³/mol. The van der Waals surface area contributed by atoms with Gasteiger partial charge in [-0.3, -0.25) is 0 Å². The van der Waals surface area contributed by atoms with E-state index in [0.29, 0.717) is 18.0 Å². The Bertz CT molecular complexity index is 430. The Balaban J connectivity index is 1.53. The van der Waals surface area contributed by atoms with Gasteiger partial charge in [0.25, 0.3) is 0 Å². The summed E-state index contributed by atoms with van der Waals surface area (Å²) in [5.41, 5.74) is 0. The van der Waals surface area contributed by atoms with Crippen LogP contribution in [0.5, 0.6) is 0 Å². The first-order chi connectivity index (χ1) is 10.7. The normalized spacial score (nSPS) is 32.5. The highest BCUT2D eigenvalue weighted by Gasteiger charge is 2.21. The molecule has 0 aliphatic heterocycles. The molecule has 4 N–H and O–H groups in total. The van der Waals surface area contributed by atoms with Gasteiger partial charge in [0.15, 0.2) is 0 Å². The lowest BCUT2D eigenvalue weighted by molar-refractivity contribution is 0.125. The van der Waals surface area contributed by atoms with Gasteiger partial charge in [-0.05, 0) is 57.4 Å². The van der Waals surface area contributed by atoms with E-state index in [9.17, 15) is 10.2 Å². The van der Waals surface area contributed by atoms with Crippen LogP contribution in [0.3, 0.4) is 0 Å². The van der Waals surface area contributed by atoms with E-state index in [2.05, 4.69) is 20.6 Å². The summed E-state index contributed by atoms with van der Waals surface area (Å²) >= 11 is 0. The third-order valence-corrected chi connectivity index (χ3v) is 4.73. The number of aliphatic hydroxyl groups excluding tert-OH is 2. The molecular formula is C16H26N4O2. The fraction of sp³-hybridized carbons (Fsp3) is 0.750. The lowest BCUT2D eigenvalue weighted by atomic mass is 9.93.